The molecule has 0 aliphatic carbocycles. The molecule has 9 N–H and O–H groups in total. The van der Waals surface area contributed by atoms with Crippen LogP contribution >= 0.6 is 7.60 Å². The van der Waals surface area contributed by atoms with Gasteiger partial charge < -0.3 is 31.7 Å². The predicted octanol–water partition coefficient (Wildman–Crippen LogP) is -0.591. The Labute approximate surface area is 167 Å². The molecule has 0 unspecified atom stereocenters. The molecule has 0 spiro atoms. The van der Waals surface area contributed by atoms with Crippen LogP contribution in [0.25, 0.3) is 0 Å². The fraction of sp³-hybridized carbons (Fsp3) is 0.882. The second-order valence-corrected chi connectivity index (χ2v) is 9.22. The number of nitrogens with two attached hydrogens (primary N) is 2. The predicted molar refractivity (Wildman–Crippen MR) is 107 cm³/mol. The number of carbonyl (C=O) groups excluding carboxylic acids is 2. The van der Waals surface area contributed by atoms with Crippen molar-refractivity contribution >= 4 is 19.3 Å². The van der Waals surface area contributed by atoms with E-state index in [1.807, 2.05) is 13.8 Å². The molecule has 0 fully saturated rings. The van der Waals surface area contributed by atoms with Crippen LogP contribution in [0.4, 0.5) is 0 Å². The van der Waals surface area contributed by atoms with E-state index < -0.39 is 36.6 Å². The van der Waals surface area contributed by atoms with E-state index in [4.69, 9.17) is 16.6 Å². The SMILES string of the molecule is CC[C@@H](N[C@@H](CC(C)C)C(=O)[C@@](N)(CCCCN)C(=O)NCCO)P(=O)(O)O. The number of hydrogen-bond acceptors (Lipinski definition) is 7. The molecule has 0 aromatic carbocycles. The maximum Gasteiger partial charge on any atom is 0.342 e. The minimum absolute atomic E-state index is 0.0181. The summed E-state index contributed by atoms with van der Waals surface area (Å²) in [6.45, 7) is 5.34. The molecule has 0 saturated heterocycles. The minimum Gasteiger partial charge on any atom is -0.395 e. The number of ketones is 1. The van der Waals surface area contributed by atoms with Crippen molar-refractivity contribution in [3.05, 3.63) is 0 Å². The summed E-state index contributed by atoms with van der Waals surface area (Å²) in [5, 5.41) is 14.1. The highest BCUT2D eigenvalue weighted by atomic mass is 31.2. The van der Waals surface area contributed by atoms with E-state index in [2.05, 4.69) is 10.6 Å². The molecule has 0 aliphatic rings. The molecule has 1 amide bonds. The van der Waals surface area contributed by atoms with Crippen molar-refractivity contribution < 1.29 is 29.0 Å². The normalized spacial score (nSPS) is 16.5. The standard InChI is InChI=1S/C17H37N4O6P/c1-4-14(28(25,26)27)21-13(11-12(2)3)15(23)17(19,7-5-6-8-18)16(24)20-9-10-22/h12-14,21-22H,4-11,18-19H2,1-3H3,(H,20,24)(H2,25,26,27)/t13-,14-,17-/m0/s1. The van der Waals surface area contributed by atoms with Crippen molar-refractivity contribution in [3.63, 3.8) is 0 Å². The zero-order chi connectivity index (χ0) is 22.0. The first-order valence-electron chi connectivity index (χ1n) is 9.67. The lowest BCUT2D eigenvalue weighted by atomic mass is 9.82. The van der Waals surface area contributed by atoms with Crippen LogP contribution in [0.1, 0.15) is 52.9 Å². The number of aliphatic hydroxyl groups excluding tert-OH is 1. The molecular formula is C17H37N4O6P. The van der Waals surface area contributed by atoms with Gasteiger partial charge in [0.05, 0.1) is 12.6 Å². The highest BCUT2D eigenvalue weighted by molar-refractivity contribution is 7.52. The van der Waals surface area contributed by atoms with E-state index in [9.17, 15) is 23.9 Å². The minimum atomic E-state index is -4.49. The first kappa shape index (κ1) is 27.1. The Kier molecular flexibility index (Phi) is 12.2. The molecular weight excluding hydrogens is 387 g/mol. The van der Waals surface area contributed by atoms with E-state index in [-0.39, 0.29) is 38.3 Å². The van der Waals surface area contributed by atoms with E-state index in [1.54, 1.807) is 6.92 Å². The van der Waals surface area contributed by atoms with Crippen molar-refractivity contribution in [2.45, 2.75) is 70.2 Å². The third kappa shape index (κ3) is 8.65. The van der Waals surface area contributed by atoms with Gasteiger partial charge in [0.15, 0.2) is 11.3 Å². The molecule has 0 aliphatic heterocycles. The second kappa shape index (κ2) is 12.6. The zero-order valence-electron chi connectivity index (χ0n) is 17.1. The first-order chi connectivity index (χ1) is 12.9. The first-order valence-corrected chi connectivity index (χ1v) is 11.4. The molecule has 28 heavy (non-hydrogen) atoms. The van der Waals surface area contributed by atoms with Crippen molar-refractivity contribution in [1.82, 2.24) is 10.6 Å². The number of rotatable bonds is 15. The smallest absolute Gasteiger partial charge is 0.342 e. The number of unbranched alkanes of at least 4 members (excludes halogenated alkanes) is 1. The number of Topliss-reactive ketones (excluding diaryl/α,β-unsaturated/α-hetero) is 1. The number of carbonyl (C=O) groups is 2. The molecule has 0 aromatic heterocycles. The topological polar surface area (TPSA) is 188 Å². The Hall–Kier alpha value is -0.870. The fourth-order valence-corrected chi connectivity index (χ4v) is 3.79. The van der Waals surface area contributed by atoms with Gasteiger partial charge in [-0.2, -0.15) is 0 Å². The van der Waals surface area contributed by atoms with Gasteiger partial charge in [0.2, 0.25) is 5.91 Å². The van der Waals surface area contributed by atoms with Crippen molar-refractivity contribution in [2.75, 3.05) is 19.7 Å². The Morgan fingerprint density at radius 3 is 2.25 bits per heavy atom. The lowest BCUT2D eigenvalue weighted by molar-refractivity contribution is -0.138. The van der Waals surface area contributed by atoms with Gasteiger partial charge in [-0.25, -0.2) is 0 Å². The van der Waals surface area contributed by atoms with Gasteiger partial charge in [-0.15, -0.1) is 0 Å². The van der Waals surface area contributed by atoms with Crippen molar-refractivity contribution in [1.29, 1.82) is 0 Å². The maximum absolute atomic E-state index is 13.3. The van der Waals surface area contributed by atoms with Crippen molar-refractivity contribution in [2.24, 2.45) is 17.4 Å². The molecule has 0 radical (unpaired) electrons. The zero-order valence-corrected chi connectivity index (χ0v) is 18.0. The summed E-state index contributed by atoms with van der Waals surface area (Å²) in [5.41, 5.74) is 9.86. The molecule has 0 saturated carbocycles. The van der Waals surface area contributed by atoms with Gasteiger partial charge in [-0.3, -0.25) is 19.5 Å². The highest BCUT2D eigenvalue weighted by Gasteiger charge is 2.45. The molecule has 3 atom stereocenters. The average molecular weight is 424 g/mol. The van der Waals surface area contributed by atoms with Crippen LogP contribution in [0.15, 0.2) is 0 Å². The van der Waals surface area contributed by atoms with E-state index in [0.717, 1.165) is 0 Å². The number of aliphatic hydroxyl groups is 1. The van der Waals surface area contributed by atoms with E-state index in [0.29, 0.717) is 19.4 Å². The highest BCUT2D eigenvalue weighted by Crippen LogP contribution is 2.41. The number of nitrogens with one attached hydrogen (secondary N) is 2. The molecule has 0 bridgehead atoms. The summed E-state index contributed by atoms with van der Waals surface area (Å²) in [5.74, 6) is -2.54. The van der Waals surface area contributed by atoms with Crippen molar-refractivity contribution in [3.8, 4) is 0 Å². The van der Waals surface area contributed by atoms with Crippen LogP contribution in [0, 0.1) is 5.92 Å². The van der Waals surface area contributed by atoms with E-state index in [1.165, 1.54) is 0 Å². The van der Waals surface area contributed by atoms with E-state index >= 15 is 0 Å². The molecule has 166 valence electrons. The van der Waals surface area contributed by atoms with Crippen LogP contribution in [-0.4, -0.2) is 63.6 Å². The lowest BCUT2D eigenvalue weighted by Gasteiger charge is -2.33. The maximum atomic E-state index is 13.3. The van der Waals surface area contributed by atoms with Crippen LogP contribution < -0.4 is 22.1 Å². The fourth-order valence-electron chi connectivity index (χ4n) is 2.94. The van der Waals surface area contributed by atoms with Crippen LogP contribution in [0.5, 0.6) is 0 Å². The van der Waals surface area contributed by atoms with Crippen LogP contribution in [0.2, 0.25) is 0 Å². The molecule has 0 aromatic rings. The summed E-state index contributed by atoms with van der Waals surface area (Å²) in [7, 11) is -4.49. The van der Waals surface area contributed by atoms with Gasteiger partial charge in [-0.1, -0.05) is 20.8 Å². The Morgan fingerprint density at radius 1 is 1.21 bits per heavy atom. The van der Waals surface area contributed by atoms with Gasteiger partial charge in [0.1, 0.15) is 5.78 Å². The Bertz CT molecular complexity index is 542. The molecule has 0 heterocycles. The largest absolute Gasteiger partial charge is 0.395 e. The van der Waals surface area contributed by atoms with Gasteiger partial charge in [-0.05, 0) is 44.6 Å². The third-order valence-electron chi connectivity index (χ3n) is 4.48. The quantitative estimate of drug-likeness (QED) is 0.102. The molecule has 11 heteroatoms. The Balaban J connectivity index is 5.77. The summed E-state index contributed by atoms with van der Waals surface area (Å²) in [4.78, 5) is 45.0. The van der Waals surface area contributed by atoms with Crippen LogP contribution in [0.3, 0.4) is 0 Å². The van der Waals surface area contributed by atoms with Gasteiger partial charge >= 0.3 is 7.60 Å². The van der Waals surface area contributed by atoms with Crippen LogP contribution in [-0.2, 0) is 14.2 Å². The monoisotopic (exact) mass is 424 g/mol. The summed E-state index contributed by atoms with van der Waals surface area (Å²) < 4.78 is 11.7. The van der Waals surface area contributed by atoms with Gasteiger partial charge in [0, 0.05) is 6.54 Å². The molecule has 10 nitrogen and oxygen atoms in total. The Morgan fingerprint density at radius 2 is 1.82 bits per heavy atom. The second-order valence-electron chi connectivity index (χ2n) is 7.42. The summed E-state index contributed by atoms with van der Waals surface area (Å²) >= 11 is 0. The molecule has 0 rings (SSSR count). The number of amides is 1. The number of hydrogen-bond donors (Lipinski definition) is 7. The summed E-state index contributed by atoms with van der Waals surface area (Å²) in [6, 6.07) is -1.000. The van der Waals surface area contributed by atoms with Gasteiger partial charge in [0.25, 0.3) is 0 Å². The third-order valence-corrected chi connectivity index (χ3v) is 5.80. The lowest BCUT2D eigenvalue weighted by Crippen LogP contribution is -2.65. The summed E-state index contributed by atoms with van der Waals surface area (Å²) in [6.07, 6.45) is 1.42. The average Bonchev–Trinajstić information content (AvgIpc) is 2.60.